The fraction of sp³-hybridized carbons (Fsp3) is 0.583. The predicted octanol–water partition coefficient (Wildman–Crippen LogP) is 4.15. The maximum atomic E-state index is 12.9. The number of thioether (sulfide) groups is 1. The lowest BCUT2D eigenvalue weighted by Crippen LogP contribution is -2.49. The number of alkyl carbamates (subject to hydrolysis) is 1. The summed E-state index contributed by atoms with van der Waals surface area (Å²) in [6, 6.07) is 6.89. The first kappa shape index (κ1) is 23.5. The van der Waals surface area contributed by atoms with E-state index < -0.39 is 17.7 Å². The molecular formula is C24H34N2O4S. The van der Waals surface area contributed by atoms with Gasteiger partial charge in [-0.3, -0.25) is 4.79 Å². The van der Waals surface area contributed by atoms with Crippen LogP contribution in [-0.2, 0) is 16.1 Å². The van der Waals surface area contributed by atoms with Gasteiger partial charge in [-0.15, -0.1) is 0 Å². The number of nitrogens with one attached hydrogen (secondary N) is 2. The van der Waals surface area contributed by atoms with Gasteiger partial charge in [0.15, 0.2) is 0 Å². The number of fused-ring (bicyclic) bond motifs is 2. The summed E-state index contributed by atoms with van der Waals surface area (Å²) in [7, 11) is 1.62. The lowest BCUT2D eigenvalue weighted by molar-refractivity contribution is -0.122. The number of ether oxygens (including phenoxy) is 2. The van der Waals surface area contributed by atoms with Crippen LogP contribution in [0.25, 0.3) is 0 Å². The molecule has 0 saturated heterocycles. The summed E-state index contributed by atoms with van der Waals surface area (Å²) >= 11 is 1.73. The molecule has 0 spiro atoms. The van der Waals surface area contributed by atoms with E-state index in [2.05, 4.69) is 22.8 Å². The highest BCUT2D eigenvalue weighted by Gasteiger charge is 2.35. The van der Waals surface area contributed by atoms with Crippen LogP contribution in [0.3, 0.4) is 0 Å². The van der Waals surface area contributed by atoms with Crippen molar-refractivity contribution in [3.8, 4) is 5.75 Å². The van der Waals surface area contributed by atoms with E-state index in [9.17, 15) is 9.59 Å². The molecule has 170 valence electrons. The Morgan fingerprint density at radius 1 is 1.16 bits per heavy atom. The molecule has 31 heavy (non-hydrogen) atoms. The van der Waals surface area contributed by atoms with Gasteiger partial charge in [-0.2, -0.15) is 11.8 Å². The SMILES string of the molecule is COc1ccc(CNC(=O)[C@H](CSC[C@@H]2C[C@@H]3C=CC2C3)NC(=O)OC(C)(C)C)cc1. The molecule has 1 aromatic carbocycles. The van der Waals surface area contributed by atoms with E-state index in [4.69, 9.17) is 9.47 Å². The van der Waals surface area contributed by atoms with Gasteiger partial charge in [0, 0.05) is 12.3 Å². The van der Waals surface area contributed by atoms with Crippen molar-refractivity contribution in [1.29, 1.82) is 0 Å². The smallest absolute Gasteiger partial charge is 0.408 e. The van der Waals surface area contributed by atoms with E-state index in [1.807, 2.05) is 45.0 Å². The van der Waals surface area contributed by atoms with E-state index in [1.165, 1.54) is 12.8 Å². The van der Waals surface area contributed by atoms with E-state index in [0.717, 1.165) is 23.0 Å². The van der Waals surface area contributed by atoms with Crippen molar-refractivity contribution in [2.24, 2.45) is 17.8 Å². The minimum absolute atomic E-state index is 0.206. The van der Waals surface area contributed by atoms with Gasteiger partial charge in [0.05, 0.1) is 7.11 Å². The maximum Gasteiger partial charge on any atom is 0.408 e. The first-order chi connectivity index (χ1) is 14.7. The Balaban J connectivity index is 1.53. The monoisotopic (exact) mass is 446 g/mol. The van der Waals surface area contributed by atoms with Crippen molar-refractivity contribution in [3.05, 3.63) is 42.0 Å². The van der Waals surface area contributed by atoms with Gasteiger partial charge in [-0.05, 0) is 74.8 Å². The van der Waals surface area contributed by atoms with Crippen molar-refractivity contribution < 1.29 is 19.1 Å². The van der Waals surface area contributed by atoms with Crippen LogP contribution in [0.5, 0.6) is 5.75 Å². The third-order valence-electron chi connectivity index (χ3n) is 5.67. The number of methoxy groups -OCH3 is 1. The van der Waals surface area contributed by atoms with Crippen LogP contribution < -0.4 is 15.4 Å². The molecule has 0 aromatic heterocycles. The highest BCUT2D eigenvalue weighted by molar-refractivity contribution is 7.99. The van der Waals surface area contributed by atoms with Gasteiger partial charge < -0.3 is 20.1 Å². The van der Waals surface area contributed by atoms with Crippen LogP contribution in [0.15, 0.2) is 36.4 Å². The Hall–Kier alpha value is -2.15. The van der Waals surface area contributed by atoms with Gasteiger partial charge in [0.1, 0.15) is 17.4 Å². The molecule has 0 heterocycles. The minimum Gasteiger partial charge on any atom is -0.497 e. The normalized spacial score (nSPS) is 22.8. The standard InChI is InChI=1S/C24H34N2O4S/c1-24(2,3)30-23(28)26-21(15-31-14-19-12-17-5-8-18(19)11-17)22(27)25-13-16-6-9-20(29-4)10-7-16/h5-10,17-19,21H,11-15H2,1-4H3,(H,25,27)(H,26,28)/t17-,18?,19+,21+/m1/s1. The number of allylic oxidation sites excluding steroid dienone is 2. The number of amides is 2. The van der Waals surface area contributed by atoms with Crippen LogP contribution in [0.1, 0.15) is 39.2 Å². The molecule has 2 bridgehead atoms. The Kier molecular flexibility index (Phi) is 7.92. The number of carbonyl (C=O) groups excluding carboxylic acids is 2. The van der Waals surface area contributed by atoms with Gasteiger partial charge >= 0.3 is 6.09 Å². The molecule has 2 amide bonds. The second kappa shape index (κ2) is 10.4. The van der Waals surface area contributed by atoms with E-state index in [0.29, 0.717) is 24.1 Å². The summed E-state index contributed by atoms with van der Waals surface area (Å²) in [5, 5.41) is 5.69. The molecule has 7 heteroatoms. The minimum atomic E-state index is -0.646. The van der Waals surface area contributed by atoms with Crippen LogP contribution in [0.4, 0.5) is 4.79 Å². The molecule has 6 nitrogen and oxygen atoms in total. The van der Waals surface area contributed by atoms with Crippen molar-refractivity contribution >= 4 is 23.8 Å². The van der Waals surface area contributed by atoms with Gasteiger partial charge in [0.2, 0.25) is 5.91 Å². The number of benzene rings is 1. The van der Waals surface area contributed by atoms with Crippen molar-refractivity contribution in [1.82, 2.24) is 10.6 Å². The summed E-state index contributed by atoms with van der Waals surface area (Å²) < 4.78 is 10.5. The second-order valence-electron chi connectivity index (χ2n) is 9.34. The third kappa shape index (κ3) is 7.20. The Bertz CT molecular complexity index is 788. The topological polar surface area (TPSA) is 76.7 Å². The fourth-order valence-corrected chi connectivity index (χ4v) is 5.40. The van der Waals surface area contributed by atoms with Crippen molar-refractivity contribution in [3.63, 3.8) is 0 Å². The number of hydrogen-bond acceptors (Lipinski definition) is 5. The molecular weight excluding hydrogens is 412 g/mol. The lowest BCUT2D eigenvalue weighted by atomic mass is 9.96. The molecule has 2 N–H and O–H groups in total. The zero-order valence-electron chi connectivity index (χ0n) is 18.9. The maximum absolute atomic E-state index is 12.9. The van der Waals surface area contributed by atoms with Crippen LogP contribution in [0.2, 0.25) is 0 Å². The molecule has 0 radical (unpaired) electrons. The summed E-state index contributed by atoms with van der Waals surface area (Å²) in [5.41, 5.74) is 0.350. The zero-order valence-corrected chi connectivity index (χ0v) is 19.7. The Morgan fingerprint density at radius 2 is 1.90 bits per heavy atom. The molecule has 2 aliphatic rings. The summed E-state index contributed by atoms with van der Waals surface area (Å²) in [6.07, 6.45) is 6.62. The summed E-state index contributed by atoms with van der Waals surface area (Å²) in [6.45, 7) is 5.81. The zero-order chi connectivity index (χ0) is 22.4. The number of hydrogen-bond donors (Lipinski definition) is 2. The van der Waals surface area contributed by atoms with E-state index >= 15 is 0 Å². The molecule has 3 rings (SSSR count). The van der Waals surface area contributed by atoms with E-state index in [1.54, 1.807) is 18.9 Å². The van der Waals surface area contributed by atoms with Crippen LogP contribution in [0, 0.1) is 17.8 Å². The van der Waals surface area contributed by atoms with Gasteiger partial charge in [0.25, 0.3) is 0 Å². The molecule has 1 unspecified atom stereocenters. The lowest BCUT2D eigenvalue weighted by Gasteiger charge is -2.24. The number of rotatable bonds is 9. The molecule has 1 fully saturated rings. The van der Waals surface area contributed by atoms with E-state index in [-0.39, 0.29) is 5.91 Å². The van der Waals surface area contributed by atoms with Gasteiger partial charge in [-0.25, -0.2) is 4.79 Å². The largest absolute Gasteiger partial charge is 0.497 e. The first-order valence-corrected chi connectivity index (χ1v) is 12.0. The molecule has 4 atom stereocenters. The highest BCUT2D eigenvalue weighted by atomic mass is 32.2. The third-order valence-corrected chi connectivity index (χ3v) is 6.90. The van der Waals surface area contributed by atoms with Crippen molar-refractivity contribution in [2.45, 2.75) is 51.8 Å². The van der Waals surface area contributed by atoms with Crippen LogP contribution >= 0.6 is 11.8 Å². The first-order valence-electron chi connectivity index (χ1n) is 10.9. The second-order valence-corrected chi connectivity index (χ2v) is 10.4. The Labute approximate surface area is 189 Å². The average Bonchev–Trinajstić information content (AvgIpc) is 3.33. The molecule has 1 saturated carbocycles. The quantitative estimate of drug-likeness (QED) is 0.557. The van der Waals surface area contributed by atoms with Crippen molar-refractivity contribution in [2.75, 3.05) is 18.6 Å². The summed E-state index contributed by atoms with van der Waals surface area (Å²) in [4.78, 5) is 25.2. The van der Waals surface area contributed by atoms with Gasteiger partial charge in [-0.1, -0.05) is 24.3 Å². The highest BCUT2D eigenvalue weighted by Crippen LogP contribution is 2.44. The molecule has 2 aliphatic carbocycles. The fourth-order valence-electron chi connectivity index (χ4n) is 4.11. The average molecular weight is 447 g/mol. The predicted molar refractivity (Wildman–Crippen MR) is 124 cm³/mol. The molecule has 0 aliphatic heterocycles. The summed E-state index contributed by atoms with van der Waals surface area (Å²) in [5.74, 6) is 4.17. The Morgan fingerprint density at radius 3 is 2.48 bits per heavy atom. The molecule has 1 aromatic rings. The van der Waals surface area contributed by atoms with Crippen LogP contribution in [-0.4, -0.2) is 42.3 Å². The number of carbonyl (C=O) groups is 2.